The first kappa shape index (κ1) is 9.68. The first-order valence-corrected chi connectivity index (χ1v) is 4.63. The Morgan fingerprint density at radius 2 is 2.42 bits per heavy atom. The molecule has 1 atom stereocenters. The second kappa shape index (κ2) is 5.27. The lowest BCUT2D eigenvalue weighted by Gasteiger charge is -2.30. The predicted molar refractivity (Wildman–Crippen MR) is 46.9 cm³/mol. The van der Waals surface area contributed by atoms with Gasteiger partial charge in [0.05, 0.1) is 6.54 Å². The van der Waals surface area contributed by atoms with Gasteiger partial charge in [-0.1, -0.05) is 0 Å². The van der Waals surface area contributed by atoms with Crippen LogP contribution in [0.5, 0.6) is 0 Å². The fourth-order valence-electron chi connectivity index (χ4n) is 1.84. The molecule has 70 valence electrons. The summed E-state index contributed by atoms with van der Waals surface area (Å²) in [5.41, 5.74) is 0. The number of aliphatic hydroxyl groups is 1. The highest BCUT2D eigenvalue weighted by Gasteiger charge is 2.18. The van der Waals surface area contributed by atoms with Crippen LogP contribution in [0.1, 0.15) is 19.3 Å². The van der Waals surface area contributed by atoms with Crippen LogP contribution in [-0.4, -0.2) is 42.5 Å². The third kappa shape index (κ3) is 2.91. The van der Waals surface area contributed by atoms with E-state index in [4.69, 9.17) is 5.11 Å². The smallest absolute Gasteiger partial charge is 0.133 e. The van der Waals surface area contributed by atoms with Gasteiger partial charge >= 0.3 is 0 Å². The van der Waals surface area contributed by atoms with Gasteiger partial charge in [-0.2, -0.15) is 0 Å². The number of nitrogens with zero attached hydrogens (tertiary/aromatic N) is 1. The Morgan fingerprint density at radius 3 is 3.08 bits per heavy atom. The van der Waals surface area contributed by atoms with E-state index in [1.54, 1.807) is 0 Å². The molecule has 1 aliphatic heterocycles. The molecule has 0 bridgehead atoms. The summed E-state index contributed by atoms with van der Waals surface area (Å²) in [5.74, 6) is 0.601. The highest BCUT2D eigenvalue weighted by molar-refractivity contribution is 5.51. The van der Waals surface area contributed by atoms with Crippen molar-refractivity contribution < 1.29 is 9.90 Å². The van der Waals surface area contributed by atoms with Crippen LogP contribution >= 0.6 is 0 Å². The minimum Gasteiger partial charge on any atom is -0.396 e. The number of carbonyl (C=O) groups excluding carboxylic acids is 1. The van der Waals surface area contributed by atoms with Gasteiger partial charge in [-0.05, 0) is 31.7 Å². The Bertz CT molecular complexity index is 136. The molecule has 1 rings (SSSR count). The second-order valence-electron chi connectivity index (χ2n) is 3.45. The van der Waals surface area contributed by atoms with E-state index in [9.17, 15) is 4.79 Å². The Balaban J connectivity index is 2.24. The second-order valence-corrected chi connectivity index (χ2v) is 3.45. The van der Waals surface area contributed by atoms with Gasteiger partial charge in [0.2, 0.25) is 0 Å². The maximum Gasteiger partial charge on any atom is 0.133 e. The molecule has 0 saturated carbocycles. The van der Waals surface area contributed by atoms with Crippen LogP contribution in [0.3, 0.4) is 0 Å². The van der Waals surface area contributed by atoms with Crippen molar-refractivity contribution >= 4 is 6.29 Å². The Labute approximate surface area is 73.4 Å². The number of aliphatic hydroxyl groups excluding tert-OH is 1. The molecular weight excluding hydrogens is 154 g/mol. The van der Waals surface area contributed by atoms with Crippen LogP contribution in [0, 0.1) is 5.92 Å². The van der Waals surface area contributed by atoms with Crippen molar-refractivity contribution in [1.82, 2.24) is 4.90 Å². The van der Waals surface area contributed by atoms with E-state index in [1.165, 1.54) is 12.8 Å². The van der Waals surface area contributed by atoms with Gasteiger partial charge in [-0.25, -0.2) is 0 Å². The standard InChI is InChI=1S/C9H17NO2/c11-6-3-9-2-1-4-10(8-9)5-7-12/h7,9,11H,1-6,8H2. The monoisotopic (exact) mass is 171 g/mol. The van der Waals surface area contributed by atoms with Crippen LogP contribution in [0.4, 0.5) is 0 Å². The topological polar surface area (TPSA) is 40.5 Å². The van der Waals surface area contributed by atoms with Crippen molar-refractivity contribution in [3.63, 3.8) is 0 Å². The first-order valence-electron chi connectivity index (χ1n) is 4.63. The maximum absolute atomic E-state index is 10.2. The third-order valence-electron chi connectivity index (χ3n) is 2.47. The van der Waals surface area contributed by atoms with Crippen LogP contribution in [-0.2, 0) is 4.79 Å². The van der Waals surface area contributed by atoms with E-state index in [2.05, 4.69) is 4.90 Å². The number of likely N-dealkylation sites (tertiary alicyclic amines) is 1. The molecule has 1 aliphatic rings. The van der Waals surface area contributed by atoms with Gasteiger partial charge in [0, 0.05) is 13.2 Å². The third-order valence-corrected chi connectivity index (χ3v) is 2.47. The van der Waals surface area contributed by atoms with E-state index in [0.29, 0.717) is 12.5 Å². The lowest BCUT2D eigenvalue weighted by atomic mass is 9.95. The lowest BCUT2D eigenvalue weighted by Crippen LogP contribution is -2.36. The zero-order chi connectivity index (χ0) is 8.81. The minimum atomic E-state index is 0.277. The molecule has 0 radical (unpaired) electrons. The Hall–Kier alpha value is -0.410. The highest BCUT2D eigenvalue weighted by atomic mass is 16.3. The lowest BCUT2D eigenvalue weighted by molar-refractivity contribution is -0.109. The summed E-state index contributed by atoms with van der Waals surface area (Å²) in [6.45, 7) is 2.86. The Morgan fingerprint density at radius 1 is 1.58 bits per heavy atom. The number of aldehydes is 1. The fraction of sp³-hybridized carbons (Fsp3) is 0.889. The zero-order valence-corrected chi connectivity index (χ0v) is 7.41. The number of hydrogen-bond donors (Lipinski definition) is 1. The van der Waals surface area contributed by atoms with E-state index in [0.717, 1.165) is 25.8 Å². The van der Waals surface area contributed by atoms with E-state index < -0.39 is 0 Å². The van der Waals surface area contributed by atoms with Crippen LogP contribution in [0.25, 0.3) is 0 Å². The summed E-state index contributed by atoms with van der Waals surface area (Å²) in [7, 11) is 0. The predicted octanol–water partition coefficient (Wildman–Crippen LogP) is 0.280. The van der Waals surface area contributed by atoms with Crippen LogP contribution < -0.4 is 0 Å². The quantitative estimate of drug-likeness (QED) is 0.618. The molecule has 0 aromatic carbocycles. The average Bonchev–Trinajstić information content (AvgIpc) is 2.06. The largest absolute Gasteiger partial charge is 0.396 e. The fourth-order valence-corrected chi connectivity index (χ4v) is 1.84. The minimum absolute atomic E-state index is 0.277. The van der Waals surface area contributed by atoms with E-state index in [1.807, 2.05) is 0 Å². The van der Waals surface area contributed by atoms with Gasteiger partial charge < -0.3 is 9.90 Å². The molecule has 0 amide bonds. The highest BCUT2D eigenvalue weighted by Crippen LogP contribution is 2.18. The normalized spacial score (nSPS) is 25.6. The van der Waals surface area contributed by atoms with Crippen LogP contribution in [0.2, 0.25) is 0 Å². The summed E-state index contributed by atoms with van der Waals surface area (Å²) in [4.78, 5) is 12.4. The number of carbonyl (C=O) groups is 1. The Kier molecular flexibility index (Phi) is 4.25. The van der Waals surface area contributed by atoms with Gasteiger partial charge in [0.1, 0.15) is 6.29 Å². The average molecular weight is 171 g/mol. The van der Waals surface area contributed by atoms with Crippen molar-refractivity contribution in [2.45, 2.75) is 19.3 Å². The van der Waals surface area contributed by atoms with Gasteiger partial charge in [-0.3, -0.25) is 4.90 Å². The maximum atomic E-state index is 10.2. The van der Waals surface area contributed by atoms with Gasteiger partial charge in [0.15, 0.2) is 0 Å². The number of piperidine rings is 1. The summed E-state index contributed by atoms with van der Waals surface area (Å²) >= 11 is 0. The summed E-state index contributed by atoms with van der Waals surface area (Å²) in [6, 6.07) is 0. The molecule has 0 spiro atoms. The number of rotatable bonds is 4. The molecule has 3 heteroatoms. The van der Waals surface area contributed by atoms with Gasteiger partial charge in [-0.15, -0.1) is 0 Å². The molecular formula is C9H17NO2. The molecule has 0 aliphatic carbocycles. The zero-order valence-electron chi connectivity index (χ0n) is 7.41. The van der Waals surface area contributed by atoms with Crippen molar-refractivity contribution in [2.24, 2.45) is 5.92 Å². The molecule has 1 N–H and O–H groups in total. The van der Waals surface area contributed by atoms with E-state index >= 15 is 0 Å². The van der Waals surface area contributed by atoms with Crippen molar-refractivity contribution in [3.8, 4) is 0 Å². The van der Waals surface area contributed by atoms with Crippen molar-refractivity contribution in [1.29, 1.82) is 0 Å². The molecule has 0 aromatic rings. The van der Waals surface area contributed by atoms with Crippen LogP contribution in [0.15, 0.2) is 0 Å². The number of hydrogen-bond acceptors (Lipinski definition) is 3. The van der Waals surface area contributed by atoms with Crippen molar-refractivity contribution in [3.05, 3.63) is 0 Å². The van der Waals surface area contributed by atoms with Crippen molar-refractivity contribution in [2.75, 3.05) is 26.2 Å². The first-order chi connectivity index (χ1) is 5.86. The summed E-state index contributed by atoms with van der Waals surface area (Å²) in [6.07, 6.45) is 4.21. The molecule has 1 fully saturated rings. The molecule has 1 heterocycles. The SMILES string of the molecule is O=CCN1CCCC(CCO)C1. The van der Waals surface area contributed by atoms with E-state index in [-0.39, 0.29) is 6.61 Å². The van der Waals surface area contributed by atoms with Gasteiger partial charge in [0.25, 0.3) is 0 Å². The molecule has 1 saturated heterocycles. The summed E-state index contributed by atoms with van der Waals surface area (Å²) in [5, 5.41) is 8.75. The molecule has 0 aromatic heterocycles. The molecule has 1 unspecified atom stereocenters. The summed E-state index contributed by atoms with van der Waals surface area (Å²) < 4.78 is 0. The molecule has 12 heavy (non-hydrogen) atoms. The molecule has 3 nitrogen and oxygen atoms in total.